The van der Waals surface area contributed by atoms with Crippen molar-refractivity contribution in [3.63, 3.8) is 0 Å². The normalized spacial score (nSPS) is 19.4. The Balaban J connectivity index is 2.57. The van der Waals surface area contributed by atoms with Crippen molar-refractivity contribution in [1.82, 2.24) is 4.31 Å². The molecule has 0 unspecified atom stereocenters. The van der Waals surface area contributed by atoms with Crippen LogP contribution in [-0.2, 0) is 10.0 Å². The van der Waals surface area contributed by atoms with Crippen LogP contribution in [0.15, 0.2) is 11.6 Å². The van der Waals surface area contributed by atoms with Gasteiger partial charge in [-0.05, 0) is 26.3 Å². The zero-order valence-corrected chi connectivity index (χ0v) is 9.39. The third-order valence-electron chi connectivity index (χ3n) is 2.40. The average molecular weight is 218 g/mol. The summed E-state index contributed by atoms with van der Waals surface area (Å²) in [6, 6.07) is 0. The molecule has 1 aliphatic rings. The first-order valence-electron chi connectivity index (χ1n) is 4.90. The van der Waals surface area contributed by atoms with Gasteiger partial charge in [-0.1, -0.05) is 11.6 Å². The minimum absolute atomic E-state index is 0.177. The van der Waals surface area contributed by atoms with Crippen molar-refractivity contribution in [3.05, 3.63) is 11.6 Å². The van der Waals surface area contributed by atoms with Crippen molar-refractivity contribution in [3.8, 4) is 0 Å². The molecule has 5 heteroatoms. The summed E-state index contributed by atoms with van der Waals surface area (Å²) in [4.78, 5) is 0. The second kappa shape index (κ2) is 4.91. The molecule has 0 aromatic rings. The second-order valence-corrected chi connectivity index (χ2v) is 5.71. The first kappa shape index (κ1) is 11.7. The third-order valence-corrected chi connectivity index (χ3v) is 4.32. The minimum atomic E-state index is -3.06. The Morgan fingerprint density at radius 1 is 1.57 bits per heavy atom. The molecule has 0 aliphatic carbocycles. The summed E-state index contributed by atoms with van der Waals surface area (Å²) in [7, 11) is -3.06. The highest BCUT2D eigenvalue weighted by Gasteiger charge is 2.22. The van der Waals surface area contributed by atoms with Gasteiger partial charge in [-0.25, -0.2) is 8.42 Å². The SMILES string of the molecule is CC1=CCN(S(=O)(=O)CCCN)CC1. The van der Waals surface area contributed by atoms with E-state index in [1.807, 2.05) is 13.0 Å². The van der Waals surface area contributed by atoms with Crippen molar-refractivity contribution in [2.75, 3.05) is 25.4 Å². The molecule has 82 valence electrons. The largest absolute Gasteiger partial charge is 0.330 e. The van der Waals surface area contributed by atoms with Gasteiger partial charge in [-0.3, -0.25) is 0 Å². The third kappa shape index (κ3) is 3.08. The van der Waals surface area contributed by atoms with Crippen molar-refractivity contribution in [2.24, 2.45) is 5.73 Å². The van der Waals surface area contributed by atoms with Crippen LogP contribution in [0.3, 0.4) is 0 Å². The van der Waals surface area contributed by atoms with Gasteiger partial charge in [0, 0.05) is 13.1 Å². The Labute approximate surface area is 85.8 Å². The number of hydrogen-bond donors (Lipinski definition) is 1. The highest BCUT2D eigenvalue weighted by atomic mass is 32.2. The fraction of sp³-hybridized carbons (Fsp3) is 0.778. The van der Waals surface area contributed by atoms with Crippen LogP contribution in [-0.4, -0.2) is 38.1 Å². The monoisotopic (exact) mass is 218 g/mol. The van der Waals surface area contributed by atoms with Crippen molar-refractivity contribution < 1.29 is 8.42 Å². The average Bonchev–Trinajstić information content (AvgIpc) is 2.16. The van der Waals surface area contributed by atoms with Gasteiger partial charge in [-0.15, -0.1) is 0 Å². The van der Waals surface area contributed by atoms with E-state index in [9.17, 15) is 8.42 Å². The molecule has 1 aliphatic heterocycles. The van der Waals surface area contributed by atoms with Gasteiger partial charge < -0.3 is 5.73 Å². The molecule has 0 aromatic carbocycles. The Bertz CT molecular complexity index is 309. The zero-order chi connectivity index (χ0) is 10.6. The molecule has 0 saturated heterocycles. The van der Waals surface area contributed by atoms with E-state index in [0.29, 0.717) is 26.1 Å². The fourth-order valence-corrected chi connectivity index (χ4v) is 2.86. The second-order valence-electron chi connectivity index (χ2n) is 3.62. The molecule has 0 amide bonds. The molecule has 0 fully saturated rings. The molecule has 0 spiro atoms. The number of sulfonamides is 1. The van der Waals surface area contributed by atoms with E-state index >= 15 is 0 Å². The van der Waals surface area contributed by atoms with E-state index in [0.717, 1.165) is 6.42 Å². The molecule has 0 aromatic heterocycles. The van der Waals surface area contributed by atoms with E-state index in [1.54, 1.807) is 0 Å². The zero-order valence-electron chi connectivity index (χ0n) is 8.57. The van der Waals surface area contributed by atoms with Crippen LogP contribution in [0.2, 0.25) is 0 Å². The van der Waals surface area contributed by atoms with Crippen LogP contribution >= 0.6 is 0 Å². The number of hydrogen-bond acceptors (Lipinski definition) is 3. The van der Waals surface area contributed by atoms with Gasteiger partial charge in [0.25, 0.3) is 0 Å². The lowest BCUT2D eigenvalue weighted by molar-refractivity contribution is 0.430. The predicted octanol–water partition coefficient (Wildman–Crippen LogP) is 0.317. The molecule has 0 atom stereocenters. The Kier molecular flexibility index (Phi) is 4.10. The van der Waals surface area contributed by atoms with Gasteiger partial charge >= 0.3 is 0 Å². The van der Waals surface area contributed by atoms with Crippen LogP contribution in [0.1, 0.15) is 19.8 Å². The molecule has 14 heavy (non-hydrogen) atoms. The minimum Gasteiger partial charge on any atom is -0.330 e. The van der Waals surface area contributed by atoms with Crippen LogP contribution < -0.4 is 5.73 Å². The Hall–Kier alpha value is -0.390. The first-order chi connectivity index (χ1) is 6.56. The van der Waals surface area contributed by atoms with Crippen LogP contribution in [0.25, 0.3) is 0 Å². The molecule has 1 rings (SSSR count). The van der Waals surface area contributed by atoms with Crippen LogP contribution in [0.5, 0.6) is 0 Å². The van der Waals surface area contributed by atoms with Crippen LogP contribution in [0.4, 0.5) is 0 Å². The number of rotatable bonds is 4. The van der Waals surface area contributed by atoms with Crippen molar-refractivity contribution in [2.45, 2.75) is 19.8 Å². The maximum absolute atomic E-state index is 11.7. The molecular formula is C9H18N2O2S. The summed E-state index contributed by atoms with van der Waals surface area (Å²) >= 11 is 0. The van der Waals surface area contributed by atoms with Gasteiger partial charge in [0.1, 0.15) is 0 Å². The molecule has 0 saturated carbocycles. The summed E-state index contributed by atoms with van der Waals surface area (Å²) in [6.45, 7) is 3.61. The first-order valence-corrected chi connectivity index (χ1v) is 6.50. The highest BCUT2D eigenvalue weighted by Crippen LogP contribution is 2.13. The van der Waals surface area contributed by atoms with Crippen LogP contribution in [0, 0.1) is 0 Å². The lowest BCUT2D eigenvalue weighted by Gasteiger charge is -2.24. The molecule has 0 bridgehead atoms. The predicted molar refractivity (Wildman–Crippen MR) is 57.4 cm³/mol. The van der Waals surface area contributed by atoms with E-state index in [-0.39, 0.29) is 5.75 Å². The Morgan fingerprint density at radius 3 is 2.79 bits per heavy atom. The van der Waals surface area contributed by atoms with E-state index in [1.165, 1.54) is 9.88 Å². The van der Waals surface area contributed by atoms with E-state index in [4.69, 9.17) is 5.73 Å². The smallest absolute Gasteiger partial charge is 0.214 e. The van der Waals surface area contributed by atoms with Gasteiger partial charge in [0.05, 0.1) is 5.75 Å². The number of nitrogens with zero attached hydrogens (tertiary/aromatic N) is 1. The summed E-state index contributed by atoms with van der Waals surface area (Å²) in [6.07, 6.45) is 3.37. The van der Waals surface area contributed by atoms with Crippen molar-refractivity contribution >= 4 is 10.0 Å². The molecule has 1 heterocycles. The van der Waals surface area contributed by atoms with Gasteiger partial charge in [0.2, 0.25) is 10.0 Å². The van der Waals surface area contributed by atoms with E-state index < -0.39 is 10.0 Å². The van der Waals surface area contributed by atoms with Gasteiger partial charge in [0.15, 0.2) is 0 Å². The molecule has 4 nitrogen and oxygen atoms in total. The topological polar surface area (TPSA) is 63.4 Å². The quantitative estimate of drug-likeness (QED) is 0.691. The summed E-state index contributed by atoms with van der Waals surface area (Å²) in [5, 5.41) is 0. The lowest BCUT2D eigenvalue weighted by atomic mass is 10.1. The Morgan fingerprint density at radius 2 is 2.29 bits per heavy atom. The number of nitrogens with two attached hydrogens (primary N) is 1. The summed E-state index contributed by atoms with van der Waals surface area (Å²) in [5.74, 6) is 0.177. The molecule has 0 radical (unpaired) electrons. The lowest BCUT2D eigenvalue weighted by Crippen LogP contribution is -2.36. The summed E-state index contributed by atoms with van der Waals surface area (Å²) < 4.78 is 24.9. The summed E-state index contributed by atoms with van der Waals surface area (Å²) in [5.41, 5.74) is 6.57. The molecular weight excluding hydrogens is 200 g/mol. The fourth-order valence-electron chi connectivity index (χ4n) is 1.40. The maximum atomic E-state index is 11.7. The highest BCUT2D eigenvalue weighted by molar-refractivity contribution is 7.89. The van der Waals surface area contributed by atoms with Crippen molar-refractivity contribution in [1.29, 1.82) is 0 Å². The van der Waals surface area contributed by atoms with E-state index in [2.05, 4.69) is 0 Å². The maximum Gasteiger partial charge on any atom is 0.214 e. The van der Waals surface area contributed by atoms with Gasteiger partial charge in [-0.2, -0.15) is 4.31 Å². The standard InChI is InChI=1S/C9H18N2O2S/c1-9-3-6-11(7-4-9)14(12,13)8-2-5-10/h3H,2,4-8,10H2,1H3. The molecule has 2 N–H and O–H groups in total.